The van der Waals surface area contributed by atoms with E-state index >= 15 is 0 Å². The summed E-state index contributed by atoms with van der Waals surface area (Å²) in [5.74, 6) is -1.02. The Bertz CT molecular complexity index is 839. The molecule has 8 nitrogen and oxygen atoms in total. The largest absolute Gasteiger partial charge is 0.391 e. The average molecular weight is 426 g/mol. The number of aliphatic hydroxyl groups excluding tert-OH is 1. The van der Waals surface area contributed by atoms with Gasteiger partial charge in [0.1, 0.15) is 18.1 Å². The number of benzene rings is 1. The quantitative estimate of drug-likeness (QED) is 0.611. The molecule has 0 radical (unpaired) electrons. The number of hydroxylamine groups is 1. The Labute approximate surface area is 157 Å². The molecule has 26 heavy (non-hydrogen) atoms. The molecule has 1 amide bonds. The Balaban J connectivity index is 1.81. The molecule has 0 saturated heterocycles. The summed E-state index contributed by atoms with van der Waals surface area (Å²) in [7, 11) is 0. The summed E-state index contributed by atoms with van der Waals surface area (Å²) >= 11 is 3.21. The summed E-state index contributed by atoms with van der Waals surface area (Å²) in [6.07, 6.45) is 4.05. The summed E-state index contributed by atoms with van der Waals surface area (Å²) in [4.78, 5) is 21.5. The number of nitrogens with one attached hydrogen (secondary N) is 2. The van der Waals surface area contributed by atoms with Crippen molar-refractivity contribution in [3.63, 3.8) is 0 Å². The highest BCUT2D eigenvalue weighted by Crippen LogP contribution is 2.24. The third kappa shape index (κ3) is 4.21. The molecule has 1 aliphatic rings. The number of rotatable bonds is 6. The van der Waals surface area contributed by atoms with Crippen LogP contribution in [0, 0.1) is 5.82 Å². The monoisotopic (exact) mass is 425 g/mol. The molecular formula is C16H17BrFN5O3. The fourth-order valence-corrected chi connectivity index (χ4v) is 2.64. The zero-order valence-corrected chi connectivity index (χ0v) is 15.4. The van der Waals surface area contributed by atoms with Gasteiger partial charge in [0.25, 0.3) is 5.91 Å². The normalized spacial score (nSPS) is 14.5. The van der Waals surface area contributed by atoms with Crippen molar-refractivity contribution in [2.24, 2.45) is 0 Å². The van der Waals surface area contributed by atoms with Gasteiger partial charge < -0.3 is 9.67 Å². The number of amides is 1. The number of fused-ring (bicyclic) bond motifs is 1. The number of anilines is 1. The molecule has 1 aromatic heterocycles. The molecule has 1 unspecified atom stereocenters. The van der Waals surface area contributed by atoms with Crippen molar-refractivity contribution in [3.8, 4) is 0 Å². The number of halogens is 2. The van der Waals surface area contributed by atoms with Gasteiger partial charge in [-0.15, -0.1) is 0 Å². The number of nitrogens with zero attached hydrogens (tertiary/aromatic N) is 3. The van der Waals surface area contributed by atoms with E-state index in [4.69, 9.17) is 4.84 Å². The predicted molar refractivity (Wildman–Crippen MR) is 95.5 cm³/mol. The fourth-order valence-electron chi connectivity index (χ4n) is 2.31. The zero-order valence-electron chi connectivity index (χ0n) is 13.8. The summed E-state index contributed by atoms with van der Waals surface area (Å²) in [5.41, 5.74) is 6.39. The minimum atomic E-state index is -0.720. The van der Waals surface area contributed by atoms with Crippen LogP contribution in [0.5, 0.6) is 0 Å². The molecule has 0 saturated carbocycles. The maximum Gasteiger partial charge on any atom is 0.294 e. The first kappa shape index (κ1) is 18.4. The van der Waals surface area contributed by atoms with E-state index in [9.17, 15) is 14.3 Å². The Morgan fingerprint density at radius 1 is 1.54 bits per heavy atom. The standard InChI is InChI=1S/C16H17BrFN5O3/c1-10(24)8-26-21-16(25)15-7-22-9-19-5-12(22)6-23(15)20-14-3-2-11(17)4-13(14)18/h2-5,7,9-10,20,24H,6,8H2,1H3,(H,21,25). The Morgan fingerprint density at radius 2 is 2.35 bits per heavy atom. The average Bonchev–Trinajstić information content (AvgIpc) is 3.03. The number of hydrogen-bond acceptors (Lipinski definition) is 6. The van der Waals surface area contributed by atoms with Crippen molar-refractivity contribution in [2.75, 3.05) is 12.0 Å². The van der Waals surface area contributed by atoms with Crippen LogP contribution in [-0.4, -0.2) is 38.3 Å². The van der Waals surface area contributed by atoms with Crippen LogP contribution in [0.15, 0.2) is 40.9 Å². The van der Waals surface area contributed by atoms with Crippen LogP contribution in [0.1, 0.15) is 12.6 Å². The molecule has 0 aliphatic carbocycles. The van der Waals surface area contributed by atoms with Gasteiger partial charge >= 0.3 is 0 Å². The van der Waals surface area contributed by atoms with Crippen molar-refractivity contribution in [2.45, 2.75) is 19.6 Å². The molecular weight excluding hydrogens is 409 g/mol. The van der Waals surface area contributed by atoms with E-state index in [0.29, 0.717) is 4.47 Å². The molecule has 10 heteroatoms. The molecule has 138 valence electrons. The number of imidazole rings is 1. The van der Waals surface area contributed by atoms with Gasteiger partial charge in [-0.1, -0.05) is 15.9 Å². The first-order valence-electron chi connectivity index (χ1n) is 7.76. The fraction of sp³-hybridized carbons (Fsp3) is 0.250. The van der Waals surface area contributed by atoms with Crippen LogP contribution in [0.3, 0.4) is 0 Å². The van der Waals surface area contributed by atoms with E-state index < -0.39 is 17.8 Å². The second kappa shape index (κ2) is 7.85. The van der Waals surface area contributed by atoms with Crippen molar-refractivity contribution in [1.29, 1.82) is 0 Å². The molecule has 0 spiro atoms. The van der Waals surface area contributed by atoms with E-state index in [1.54, 1.807) is 35.4 Å². The van der Waals surface area contributed by atoms with E-state index in [1.165, 1.54) is 18.0 Å². The van der Waals surface area contributed by atoms with Gasteiger partial charge in [0, 0.05) is 10.7 Å². The first-order chi connectivity index (χ1) is 12.4. The Hall–Kier alpha value is -2.43. The van der Waals surface area contributed by atoms with Crippen LogP contribution >= 0.6 is 15.9 Å². The second-order valence-electron chi connectivity index (χ2n) is 5.72. The van der Waals surface area contributed by atoms with Crippen LogP contribution in [0.4, 0.5) is 10.1 Å². The summed E-state index contributed by atoms with van der Waals surface area (Å²) in [6.45, 7) is 1.77. The van der Waals surface area contributed by atoms with Crippen molar-refractivity contribution >= 4 is 33.7 Å². The molecule has 0 bridgehead atoms. The van der Waals surface area contributed by atoms with Gasteiger partial charge in [0.2, 0.25) is 0 Å². The van der Waals surface area contributed by atoms with Gasteiger partial charge in [0.05, 0.1) is 36.6 Å². The lowest BCUT2D eigenvalue weighted by atomic mass is 10.3. The van der Waals surface area contributed by atoms with Crippen LogP contribution in [0.2, 0.25) is 0 Å². The SMILES string of the molecule is CC(O)CONC(=O)C1=Cn2cncc2CN1Nc1ccc(Br)cc1F. The van der Waals surface area contributed by atoms with Gasteiger partial charge in [-0.25, -0.2) is 14.9 Å². The number of carbonyl (C=O) groups is 1. The number of hydrazine groups is 1. The highest BCUT2D eigenvalue weighted by Gasteiger charge is 2.25. The van der Waals surface area contributed by atoms with Crippen LogP contribution in [0.25, 0.3) is 6.20 Å². The van der Waals surface area contributed by atoms with Crippen LogP contribution < -0.4 is 10.9 Å². The molecule has 1 atom stereocenters. The van der Waals surface area contributed by atoms with Crippen molar-refractivity contribution in [1.82, 2.24) is 20.0 Å². The predicted octanol–water partition coefficient (Wildman–Crippen LogP) is 1.85. The zero-order chi connectivity index (χ0) is 18.7. The maximum absolute atomic E-state index is 14.2. The number of carbonyl (C=O) groups excluding carboxylic acids is 1. The lowest BCUT2D eigenvalue weighted by molar-refractivity contribution is -0.133. The topological polar surface area (TPSA) is 91.6 Å². The van der Waals surface area contributed by atoms with Gasteiger partial charge in [-0.3, -0.25) is 20.1 Å². The van der Waals surface area contributed by atoms with Crippen LogP contribution in [-0.2, 0) is 16.2 Å². The van der Waals surface area contributed by atoms with Gasteiger partial charge in [-0.2, -0.15) is 0 Å². The summed E-state index contributed by atoms with van der Waals surface area (Å²) in [6, 6.07) is 4.57. The maximum atomic E-state index is 14.2. The molecule has 0 fully saturated rings. The lowest BCUT2D eigenvalue weighted by Gasteiger charge is -2.31. The lowest BCUT2D eigenvalue weighted by Crippen LogP contribution is -2.41. The minimum absolute atomic E-state index is 0.0515. The second-order valence-corrected chi connectivity index (χ2v) is 6.64. The minimum Gasteiger partial charge on any atom is -0.391 e. The van der Waals surface area contributed by atoms with E-state index in [-0.39, 0.29) is 24.5 Å². The number of aliphatic hydroxyl groups is 1. The van der Waals surface area contributed by atoms with E-state index in [0.717, 1.165) is 5.69 Å². The van der Waals surface area contributed by atoms with E-state index in [1.807, 2.05) is 0 Å². The third-order valence-corrected chi connectivity index (χ3v) is 4.02. The third-order valence-electron chi connectivity index (χ3n) is 3.53. The molecule has 2 heterocycles. The number of hydrogen-bond donors (Lipinski definition) is 3. The molecule has 2 aromatic rings. The van der Waals surface area contributed by atoms with Gasteiger partial charge in [-0.05, 0) is 25.1 Å². The molecule has 3 N–H and O–H groups in total. The first-order valence-corrected chi connectivity index (χ1v) is 8.55. The Morgan fingerprint density at radius 3 is 3.08 bits per heavy atom. The molecule has 3 rings (SSSR count). The smallest absolute Gasteiger partial charge is 0.294 e. The molecule has 1 aliphatic heterocycles. The van der Waals surface area contributed by atoms with Crippen molar-refractivity contribution < 1.29 is 19.1 Å². The summed E-state index contributed by atoms with van der Waals surface area (Å²) in [5, 5.41) is 10.7. The Kier molecular flexibility index (Phi) is 5.55. The van der Waals surface area contributed by atoms with E-state index in [2.05, 4.69) is 31.8 Å². The highest BCUT2D eigenvalue weighted by molar-refractivity contribution is 9.10. The van der Waals surface area contributed by atoms with Gasteiger partial charge in [0.15, 0.2) is 0 Å². The highest BCUT2D eigenvalue weighted by atomic mass is 79.9. The number of aromatic nitrogens is 2. The summed E-state index contributed by atoms with van der Waals surface area (Å²) < 4.78 is 16.5. The van der Waals surface area contributed by atoms with Crippen molar-refractivity contribution in [3.05, 3.63) is 52.4 Å². The molecule has 1 aromatic carbocycles.